The molecule has 0 aromatic carbocycles. The molecule has 0 unspecified atom stereocenters. The van der Waals surface area contributed by atoms with Crippen molar-refractivity contribution in [3.63, 3.8) is 0 Å². The van der Waals surface area contributed by atoms with Crippen LogP contribution in [0.2, 0.25) is 0 Å². The average Bonchev–Trinajstić information content (AvgIpc) is 1.94. The maximum Gasteiger partial charge on any atom is 0.0558 e. The van der Waals surface area contributed by atoms with Crippen LogP contribution < -0.4 is 5.32 Å². The second kappa shape index (κ2) is 3.52. The topological polar surface area (TPSA) is 35.5 Å². The highest BCUT2D eigenvalue weighted by molar-refractivity contribution is 4.87. The number of hydrogen-bond donors (Lipinski definition) is 2. The van der Waals surface area contributed by atoms with E-state index >= 15 is 0 Å². The molecule has 1 rings (SSSR count). The van der Waals surface area contributed by atoms with Gasteiger partial charge in [-0.05, 0) is 13.8 Å². The van der Waals surface area contributed by atoms with Crippen molar-refractivity contribution in [2.24, 2.45) is 0 Å². The highest BCUT2D eigenvalue weighted by atomic mass is 16.3. The van der Waals surface area contributed by atoms with Gasteiger partial charge in [-0.15, -0.1) is 0 Å². The van der Waals surface area contributed by atoms with Gasteiger partial charge in [0, 0.05) is 31.7 Å². The van der Waals surface area contributed by atoms with Gasteiger partial charge in [0.05, 0.1) is 6.61 Å². The Kier molecular flexibility index (Phi) is 2.87. The van der Waals surface area contributed by atoms with Crippen molar-refractivity contribution < 1.29 is 5.11 Å². The molecule has 0 saturated carbocycles. The average molecular weight is 158 g/mol. The van der Waals surface area contributed by atoms with Crippen LogP contribution in [0.4, 0.5) is 0 Å². The lowest BCUT2D eigenvalue weighted by atomic mass is 10.0. The third-order valence-electron chi connectivity index (χ3n) is 2.34. The van der Waals surface area contributed by atoms with Gasteiger partial charge in [0.25, 0.3) is 0 Å². The van der Waals surface area contributed by atoms with E-state index in [0.29, 0.717) is 0 Å². The maximum absolute atomic E-state index is 8.79. The van der Waals surface area contributed by atoms with Crippen LogP contribution in [0.25, 0.3) is 0 Å². The minimum atomic E-state index is 0.209. The Hall–Kier alpha value is -0.120. The minimum Gasteiger partial charge on any atom is -0.395 e. The van der Waals surface area contributed by atoms with Gasteiger partial charge < -0.3 is 10.4 Å². The van der Waals surface area contributed by atoms with Gasteiger partial charge in [-0.1, -0.05) is 0 Å². The summed E-state index contributed by atoms with van der Waals surface area (Å²) in [7, 11) is 0. The molecule has 1 heterocycles. The lowest BCUT2D eigenvalue weighted by molar-refractivity contribution is 0.0701. The van der Waals surface area contributed by atoms with Crippen LogP contribution in [-0.4, -0.2) is 48.3 Å². The van der Waals surface area contributed by atoms with Crippen molar-refractivity contribution in [1.29, 1.82) is 0 Å². The summed E-state index contributed by atoms with van der Waals surface area (Å²) >= 11 is 0. The highest BCUT2D eigenvalue weighted by Crippen LogP contribution is 2.14. The van der Waals surface area contributed by atoms with Crippen molar-refractivity contribution in [3.8, 4) is 0 Å². The molecule has 3 nitrogen and oxygen atoms in total. The van der Waals surface area contributed by atoms with Gasteiger partial charge in [-0.2, -0.15) is 0 Å². The molecule has 0 aliphatic carbocycles. The normalized spacial score (nSPS) is 25.4. The maximum atomic E-state index is 8.79. The van der Waals surface area contributed by atoms with Crippen molar-refractivity contribution in [2.75, 3.05) is 32.8 Å². The standard InChI is InChI=1S/C8H18N2O/c1-8(2)7-9-3-4-10(8)5-6-11/h9,11H,3-7H2,1-2H3. The zero-order valence-corrected chi connectivity index (χ0v) is 7.43. The number of aliphatic hydroxyl groups is 1. The summed E-state index contributed by atoms with van der Waals surface area (Å²) < 4.78 is 0. The Bertz CT molecular complexity index is 123. The van der Waals surface area contributed by atoms with Gasteiger partial charge in [-0.3, -0.25) is 4.90 Å². The number of nitrogens with zero attached hydrogens (tertiary/aromatic N) is 1. The van der Waals surface area contributed by atoms with Crippen molar-refractivity contribution in [3.05, 3.63) is 0 Å². The van der Waals surface area contributed by atoms with E-state index in [1.165, 1.54) is 0 Å². The smallest absolute Gasteiger partial charge is 0.0558 e. The molecule has 0 amide bonds. The van der Waals surface area contributed by atoms with E-state index in [-0.39, 0.29) is 12.1 Å². The molecule has 2 N–H and O–H groups in total. The van der Waals surface area contributed by atoms with E-state index in [2.05, 4.69) is 24.1 Å². The first-order valence-electron chi connectivity index (χ1n) is 4.23. The molecule has 0 aromatic heterocycles. The van der Waals surface area contributed by atoms with Crippen LogP contribution in [0.5, 0.6) is 0 Å². The molecule has 66 valence electrons. The van der Waals surface area contributed by atoms with E-state index in [9.17, 15) is 0 Å². The SMILES string of the molecule is CC1(C)CNCCN1CCO. The Morgan fingerprint density at radius 1 is 1.55 bits per heavy atom. The van der Waals surface area contributed by atoms with E-state index in [1.54, 1.807) is 0 Å². The summed E-state index contributed by atoms with van der Waals surface area (Å²) in [5.41, 5.74) is 0.209. The highest BCUT2D eigenvalue weighted by Gasteiger charge is 2.28. The zero-order chi connectivity index (χ0) is 8.32. The number of piperazine rings is 1. The van der Waals surface area contributed by atoms with Gasteiger partial charge in [0.15, 0.2) is 0 Å². The summed E-state index contributed by atoms with van der Waals surface area (Å²) in [6, 6.07) is 0. The van der Waals surface area contributed by atoms with Crippen LogP contribution in [0, 0.1) is 0 Å². The van der Waals surface area contributed by atoms with E-state index in [0.717, 1.165) is 26.2 Å². The molecule has 0 atom stereocenters. The first-order chi connectivity index (χ1) is 5.17. The van der Waals surface area contributed by atoms with Crippen molar-refractivity contribution in [1.82, 2.24) is 10.2 Å². The van der Waals surface area contributed by atoms with Crippen LogP contribution in [0.1, 0.15) is 13.8 Å². The molecular weight excluding hydrogens is 140 g/mol. The number of aliphatic hydroxyl groups excluding tert-OH is 1. The van der Waals surface area contributed by atoms with Crippen LogP contribution in [0.3, 0.4) is 0 Å². The molecule has 0 radical (unpaired) electrons. The van der Waals surface area contributed by atoms with Gasteiger partial charge in [0.2, 0.25) is 0 Å². The lowest BCUT2D eigenvalue weighted by Gasteiger charge is -2.42. The molecule has 0 aromatic rings. The second-order valence-corrected chi connectivity index (χ2v) is 3.70. The summed E-state index contributed by atoms with van der Waals surface area (Å²) in [4.78, 5) is 2.32. The van der Waals surface area contributed by atoms with E-state index in [4.69, 9.17) is 5.11 Å². The minimum absolute atomic E-state index is 0.209. The number of hydrogen-bond acceptors (Lipinski definition) is 3. The molecule has 1 aliphatic rings. The monoisotopic (exact) mass is 158 g/mol. The number of β-amino-alcohol motifs (C(OH)–C–C–N with tert-alkyl or cyclic N) is 1. The second-order valence-electron chi connectivity index (χ2n) is 3.70. The van der Waals surface area contributed by atoms with E-state index in [1.807, 2.05) is 0 Å². The summed E-state index contributed by atoms with van der Waals surface area (Å²) in [5, 5.41) is 12.1. The van der Waals surface area contributed by atoms with Gasteiger partial charge >= 0.3 is 0 Å². The first kappa shape index (κ1) is 8.97. The van der Waals surface area contributed by atoms with Crippen molar-refractivity contribution in [2.45, 2.75) is 19.4 Å². The summed E-state index contributed by atoms with van der Waals surface area (Å²) in [6.07, 6.45) is 0. The number of rotatable bonds is 2. The zero-order valence-electron chi connectivity index (χ0n) is 7.43. The molecule has 11 heavy (non-hydrogen) atoms. The van der Waals surface area contributed by atoms with Crippen LogP contribution in [0.15, 0.2) is 0 Å². The Morgan fingerprint density at radius 3 is 2.82 bits per heavy atom. The molecular formula is C8H18N2O. The molecule has 0 bridgehead atoms. The fourth-order valence-corrected chi connectivity index (χ4v) is 1.56. The van der Waals surface area contributed by atoms with Crippen LogP contribution >= 0.6 is 0 Å². The Balaban J connectivity index is 2.45. The molecule has 1 fully saturated rings. The Labute approximate surface area is 68.4 Å². The third-order valence-corrected chi connectivity index (χ3v) is 2.34. The van der Waals surface area contributed by atoms with Gasteiger partial charge in [0.1, 0.15) is 0 Å². The van der Waals surface area contributed by atoms with E-state index < -0.39 is 0 Å². The van der Waals surface area contributed by atoms with Crippen LogP contribution in [-0.2, 0) is 0 Å². The first-order valence-corrected chi connectivity index (χ1v) is 4.23. The fraction of sp³-hybridized carbons (Fsp3) is 1.00. The summed E-state index contributed by atoms with van der Waals surface area (Å²) in [5.74, 6) is 0. The molecule has 3 heteroatoms. The summed E-state index contributed by atoms with van der Waals surface area (Å²) in [6.45, 7) is 8.59. The quantitative estimate of drug-likeness (QED) is 0.577. The van der Waals surface area contributed by atoms with Gasteiger partial charge in [-0.25, -0.2) is 0 Å². The van der Waals surface area contributed by atoms with Crippen molar-refractivity contribution >= 4 is 0 Å². The Morgan fingerprint density at radius 2 is 2.27 bits per heavy atom. The lowest BCUT2D eigenvalue weighted by Crippen LogP contribution is -2.58. The predicted molar refractivity (Wildman–Crippen MR) is 45.6 cm³/mol. The molecule has 0 spiro atoms. The predicted octanol–water partition coefficient (Wildman–Crippen LogP) is -0.337. The third kappa shape index (κ3) is 2.15. The fourth-order valence-electron chi connectivity index (χ4n) is 1.56. The largest absolute Gasteiger partial charge is 0.395 e. The molecule has 1 saturated heterocycles. The molecule has 1 aliphatic heterocycles. The number of nitrogens with one attached hydrogen (secondary N) is 1.